The van der Waals surface area contributed by atoms with Crippen molar-refractivity contribution < 1.29 is 52.8 Å². The Kier molecular flexibility index (Phi) is 7.50. The molecule has 0 amide bonds. The standard InChI is InChI=1S/C15H20O11/c1-6(16)22-5-10-11(23-7(2)17)13(24-8(3)18)15(25-9(4)19)26-12(10)14(20)21/h10-13,15H,5H2,1-4H3,(H,20,21)/t10-,11-,12-,13+,15-/m0/s1. The fourth-order valence-electron chi connectivity index (χ4n) is 2.45. The number of ether oxygens (including phenoxy) is 5. The third-order valence-corrected chi connectivity index (χ3v) is 3.29. The van der Waals surface area contributed by atoms with E-state index in [1.165, 1.54) is 0 Å². The largest absolute Gasteiger partial charge is 0.479 e. The predicted molar refractivity (Wildman–Crippen MR) is 79.3 cm³/mol. The van der Waals surface area contributed by atoms with Crippen molar-refractivity contribution in [3.63, 3.8) is 0 Å². The summed E-state index contributed by atoms with van der Waals surface area (Å²) in [6, 6.07) is 0. The molecule has 146 valence electrons. The van der Waals surface area contributed by atoms with Gasteiger partial charge in [-0.25, -0.2) is 4.79 Å². The number of carbonyl (C=O) groups is 5. The maximum absolute atomic E-state index is 11.5. The highest BCUT2D eigenvalue weighted by Gasteiger charge is 2.54. The molecule has 0 aromatic carbocycles. The highest BCUT2D eigenvalue weighted by atomic mass is 16.7. The van der Waals surface area contributed by atoms with E-state index in [0.717, 1.165) is 27.7 Å². The number of esters is 4. The van der Waals surface area contributed by atoms with E-state index in [2.05, 4.69) is 0 Å². The van der Waals surface area contributed by atoms with E-state index in [1.807, 2.05) is 0 Å². The summed E-state index contributed by atoms with van der Waals surface area (Å²) in [6.45, 7) is 3.76. The van der Waals surface area contributed by atoms with Crippen LogP contribution in [-0.4, -0.2) is 66.2 Å². The smallest absolute Gasteiger partial charge is 0.333 e. The monoisotopic (exact) mass is 376 g/mol. The Bertz CT molecular complexity index is 582. The van der Waals surface area contributed by atoms with Gasteiger partial charge in [0, 0.05) is 27.7 Å². The number of carboxylic acid groups (broad SMARTS) is 1. The average Bonchev–Trinajstić information content (AvgIpc) is 2.47. The number of aliphatic carboxylic acids is 1. The Balaban J connectivity index is 3.29. The Morgan fingerprint density at radius 1 is 0.808 bits per heavy atom. The highest BCUT2D eigenvalue weighted by molar-refractivity contribution is 5.74. The van der Waals surface area contributed by atoms with Gasteiger partial charge in [-0.2, -0.15) is 0 Å². The van der Waals surface area contributed by atoms with Crippen LogP contribution in [0.25, 0.3) is 0 Å². The second-order valence-electron chi connectivity index (χ2n) is 5.49. The van der Waals surface area contributed by atoms with Gasteiger partial charge in [0.1, 0.15) is 6.61 Å². The molecule has 0 bridgehead atoms. The van der Waals surface area contributed by atoms with E-state index >= 15 is 0 Å². The molecular weight excluding hydrogens is 356 g/mol. The van der Waals surface area contributed by atoms with E-state index in [4.69, 9.17) is 23.7 Å². The molecule has 1 saturated heterocycles. The highest BCUT2D eigenvalue weighted by Crippen LogP contribution is 2.32. The zero-order valence-electron chi connectivity index (χ0n) is 14.6. The van der Waals surface area contributed by atoms with Crippen LogP contribution in [-0.2, 0) is 47.7 Å². The van der Waals surface area contributed by atoms with E-state index in [9.17, 15) is 29.1 Å². The van der Waals surface area contributed by atoms with E-state index in [-0.39, 0.29) is 0 Å². The Morgan fingerprint density at radius 2 is 1.31 bits per heavy atom. The fraction of sp³-hybridized carbons (Fsp3) is 0.667. The summed E-state index contributed by atoms with van der Waals surface area (Å²) in [5.74, 6) is -5.85. The van der Waals surface area contributed by atoms with Crippen LogP contribution in [0.15, 0.2) is 0 Å². The first-order valence-electron chi connectivity index (χ1n) is 7.56. The molecule has 1 N–H and O–H groups in total. The predicted octanol–water partition coefficient (Wildman–Crippen LogP) is -0.598. The molecule has 0 saturated carbocycles. The first-order valence-corrected chi connectivity index (χ1v) is 7.56. The minimum absolute atomic E-state index is 0.491. The molecule has 11 nitrogen and oxygen atoms in total. The van der Waals surface area contributed by atoms with Gasteiger partial charge in [-0.1, -0.05) is 0 Å². The molecule has 0 radical (unpaired) electrons. The second-order valence-corrected chi connectivity index (χ2v) is 5.49. The van der Waals surface area contributed by atoms with Crippen LogP contribution in [0, 0.1) is 5.92 Å². The molecule has 1 aliphatic rings. The Hall–Kier alpha value is -2.69. The summed E-state index contributed by atoms with van der Waals surface area (Å²) in [5.41, 5.74) is 0. The van der Waals surface area contributed by atoms with Gasteiger partial charge in [0.25, 0.3) is 0 Å². The van der Waals surface area contributed by atoms with Crippen molar-refractivity contribution in [1.29, 1.82) is 0 Å². The van der Waals surface area contributed by atoms with Crippen molar-refractivity contribution in [2.75, 3.05) is 6.61 Å². The lowest BCUT2D eigenvalue weighted by molar-refractivity contribution is -0.285. The van der Waals surface area contributed by atoms with Crippen molar-refractivity contribution in [3.05, 3.63) is 0 Å². The lowest BCUT2D eigenvalue weighted by atomic mass is 9.89. The first-order chi connectivity index (χ1) is 12.0. The van der Waals surface area contributed by atoms with Gasteiger partial charge in [0.2, 0.25) is 12.4 Å². The summed E-state index contributed by atoms with van der Waals surface area (Å²) in [6.07, 6.45) is -6.13. The molecular formula is C15H20O11. The maximum atomic E-state index is 11.5. The number of hydrogen-bond donors (Lipinski definition) is 1. The van der Waals surface area contributed by atoms with Crippen LogP contribution >= 0.6 is 0 Å². The van der Waals surface area contributed by atoms with Crippen molar-refractivity contribution in [2.24, 2.45) is 5.92 Å². The van der Waals surface area contributed by atoms with Crippen LogP contribution in [0.3, 0.4) is 0 Å². The van der Waals surface area contributed by atoms with Crippen LogP contribution in [0.2, 0.25) is 0 Å². The zero-order valence-corrected chi connectivity index (χ0v) is 14.6. The lowest BCUT2D eigenvalue weighted by Crippen LogP contribution is -2.61. The molecule has 1 fully saturated rings. The Morgan fingerprint density at radius 3 is 1.73 bits per heavy atom. The number of carbonyl (C=O) groups excluding carboxylic acids is 4. The maximum Gasteiger partial charge on any atom is 0.333 e. The van der Waals surface area contributed by atoms with Crippen LogP contribution in [0.5, 0.6) is 0 Å². The molecule has 0 aliphatic carbocycles. The summed E-state index contributed by atoms with van der Waals surface area (Å²) in [7, 11) is 0. The summed E-state index contributed by atoms with van der Waals surface area (Å²) in [4.78, 5) is 56.8. The molecule has 26 heavy (non-hydrogen) atoms. The van der Waals surface area contributed by atoms with Gasteiger partial charge in [-0.15, -0.1) is 0 Å². The fourth-order valence-corrected chi connectivity index (χ4v) is 2.45. The van der Waals surface area contributed by atoms with Crippen LogP contribution in [0.4, 0.5) is 0 Å². The summed E-state index contributed by atoms with van der Waals surface area (Å²) < 4.78 is 25.0. The van der Waals surface area contributed by atoms with E-state index in [0.29, 0.717) is 0 Å². The van der Waals surface area contributed by atoms with Crippen LogP contribution in [0.1, 0.15) is 27.7 Å². The molecule has 0 spiro atoms. The van der Waals surface area contributed by atoms with Crippen molar-refractivity contribution in [3.8, 4) is 0 Å². The van der Waals surface area contributed by atoms with E-state index < -0.39 is 67.0 Å². The third-order valence-electron chi connectivity index (χ3n) is 3.29. The molecule has 0 aromatic heterocycles. The topological polar surface area (TPSA) is 152 Å². The molecule has 11 heteroatoms. The Labute approximate surface area is 148 Å². The van der Waals surface area contributed by atoms with E-state index in [1.54, 1.807) is 0 Å². The van der Waals surface area contributed by atoms with Gasteiger partial charge >= 0.3 is 29.8 Å². The normalized spacial score (nSPS) is 27.8. The molecule has 0 aromatic rings. The average molecular weight is 376 g/mol. The number of rotatable bonds is 6. The van der Waals surface area contributed by atoms with Gasteiger partial charge in [-0.05, 0) is 0 Å². The quantitative estimate of drug-likeness (QED) is 0.467. The first kappa shape index (κ1) is 21.4. The van der Waals surface area contributed by atoms with Crippen molar-refractivity contribution in [2.45, 2.75) is 52.3 Å². The van der Waals surface area contributed by atoms with Gasteiger partial charge < -0.3 is 28.8 Å². The second kappa shape index (κ2) is 9.13. The molecule has 1 heterocycles. The minimum atomic E-state index is -1.66. The van der Waals surface area contributed by atoms with Crippen LogP contribution < -0.4 is 0 Å². The molecule has 0 unspecified atom stereocenters. The summed E-state index contributed by atoms with van der Waals surface area (Å²) >= 11 is 0. The van der Waals surface area contributed by atoms with Crippen molar-refractivity contribution >= 4 is 29.8 Å². The van der Waals surface area contributed by atoms with Gasteiger partial charge in [0.15, 0.2) is 12.2 Å². The summed E-state index contributed by atoms with van der Waals surface area (Å²) in [5, 5.41) is 9.39. The van der Waals surface area contributed by atoms with Crippen molar-refractivity contribution in [1.82, 2.24) is 0 Å². The molecule has 1 rings (SSSR count). The molecule has 1 aliphatic heterocycles. The zero-order chi connectivity index (χ0) is 20.0. The lowest BCUT2D eigenvalue weighted by Gasteiger charge is -2.42. The number of carboxylic acids is 1. The SMILES string of the molecule is CC(=O)OC[C@H]1[C@H](OC(C)=O)[C@@H](OC(C)=O)[C@@H](OC(C)=O)O[C@@H]1C(=O)O. The molecule has 5 atom stereocenters. The van der Waals surface area contributed by atoms with Gasteiger partial charge in [0.05, 0.1) is 5.92 Å². The van der Waals surface area contributed by atoms with Gasteiger partial charge in [-0.3, -0.25) is 19.2 Å². The number of hydrogen-bond acceptors (Lipinski definition) is 10. The minimum Gasteiger partial charge on any atom is -0.479 e. The third kappa shape index (κ3) is 5.99.